The minimum Gasteiger partial charge on any atom is -0.353 e. The lowest BCUT2D eigenvalue weighted by Gasteiger charge is -2.17. The van der Waals surface area contributed by atoms with E-state index < -0.39 is 0 Å². The molecule has 8 heteroatoms. The number of aryl methyl sites for hydroxylation is 1. The SMILES string of the molecule is Cc1ccc(-c2cc(-c3nnc(SCC(=O)N[C@H](C)C(C)C)n3N)c3ccccc3n2)cc1. The highest BCUT2D eigenvalue weighted by atomic mass is 32.2. The van der Waals surface area contributed by atoms with Gasteiger partial charge < -0.3 is 11.2 Å². The van der Waals surface area contributed by atoms with Gasteiger partial charge in [-0.05, 0) is 31.9 Å². The molecule has 7 nitrogen and oxygen atoms in total. The quantitative estimate of drug-likeness (QED) is 0.313. The molecule has 0 aliphatic rings. The Balaban J connectivity index is 1.66. The molecule has 0 aliphatic heterocycles. The third kappa shape index (κ3) is 5.01. The molecule has 4 rings (SSSR count). The number of nitrogens with one attached hydrogen (secondary N) is 1. The van der Waals surface area contributed by atoms with E-state index in [1.165, 1.54) is 22.0 Å². The summed E-state index contributed by atoms with van der Waals surface area (Å²) in [6.45, 7) is 8.20. The van der Waals surface area contributed by atoms with E-state index in [1.807, 2.05) is 37.3 Å². The van der Waals surface area contributed by atoms with Crippen LogP contribution in [0.3, 0.4) is 0 Å². The van der Waals surface area contributed by atoms with Crippen LogP contribution in [0.15, 0.2) is 59.8 Å². The van der Waals surface area contributed by atoms with Gasteiger partial charge >= 0.3 is 0 Å². The molecule has 3 N–H and O–H groups in total. The Morgan fingerprint density at radius 1 is 1.09 bits per heavy atom. The number of nitrogens with two attached hydrogens (primary N) is 1. The lowest BCUT2D eigenvalue weighted by atomic mass is 10.0. The maximum atomic E-state index is 12.3. The fraction of sp³-hybridized carbons (Fsp3) is 0.280. The highest BCUT2D eigenvalue weighted by Crippen LogP contribution is 2.32. The number of nitrogens with zero attached hydrogens (tertiary/aromatic N) is 4. The van der Waals surface area contributed by atoms with Crippen LogP contribution in [0.4, 0.5) is 0 Å². The Bertz CT molecular complexity index is 1280. The number of carbonyl (C=O) groups is 1. The van der Waals surface area contributed by atoms with Crippen molar-refractivity contribution in [2.24, 2.45) is 5.92 Å². The summed E-state index contributed by atoms with van der Waals surface area (Å²) in [6.07, 6.45) is 0. The Hall–Kier alpha value is -3.39. The predicted octanol–water partition coefficient (Wildman–Crippen LogP) is 4.44. The second-order valence-electron chi connectivity index (χ2n) is 8.50. The minimum absolute atomic E-state index is 0.0539. The molecule has 1 amide bonds. The van der Waals surface area contributed by atoms with Crippen molar-refractivity contribution in [1.82, 2.24) is 25.2 Å². The molecule has 170 valence electrons. The molecule has 2 heterocycles. The molecule has 2 aromatic heterocycles. The Morgan fingerprint density at radius 2 is 1.82 bits per heavy atom. The molecule has 0 bridgehead atoms. The highest BCUT2D eigenvalue weighted by Gasteiger charge is 2.18. The third-order valence-corrected chi connectivity index (χ3v) is 6.63. The number of benzene rings is 2. The van der Waals surface area contributed by atoms with Crippen LogP contribution in [-0.4, -0.2) is 37.6 Å². The predicted molar refractivity (Wildman–Crippen MR) is 134 cm³/mol. The van der Waals surface area contributed by atoms with Gasteiger partial charge in [0, 0.05) is 22.6 Å². The van der Waals surface area contributed by atoms with Crippen molar-refractivity contribution >= 4 is 28.6 Å². The topological polar surface area (TPSA) is 98.7 Å². The summed E-state index contributed by atoms with van der Waals surface area (Å²) in [5.74, 6) is 7.45. The van der Waals surface area contributed by atoms with Crippen LogP contribution in [-0.2, 0) is 4.79 Å². The van der Waals surface area contributed by atoms with Crippen LogP contribution in [0.25, 0.3) is 33.5 Å². The molecule has 4 aromatic rings. The maximum absolute atomic E-state index is 12.3. The van der Waals surface area contributed by atoms with Gasteiger partial charge in [-0.25, -0.2) is 9.66 Å². The summed E-state index contributed by atoms with van der Waals surface area (Å²) < 4.78 is 1.45. The normalized spacial score (nSPS) is 12.3. The monoisotopic (exact) mass is 460 g/mol. The van der Waals surface area contributed by atoms with Gasteiger partial charge in [0.25, 0.3) is 0 Å². The van der Waals surface area contributed by atoms with E-state index in [0.29, 0.717) is 16.9 Å². The third-order valence-electron chi connectivity index (χ3n) is 5.69. The lowest BCUT2D eigenvalue weighted by Crippen LogP contribution is -2.37. The number of carbonyl (C=O) groups excluding carboxylic acids is 1. The molecule has 0 radical (unpaired) electrons. The molecule has 33 heavy (non-hydrogen) atoms. The van der Waals surface area contributed by atoms with Crippen molar-refractivity contribution in [1.29, 1.82) is 0 Å². The molecule has 0 spiro atoms. The fourth-order valence-electron chi connectivity index (χ4n) is 3.38. The smallest absolute Gasteiger partial charge is 0.230 e. The van der Waals surface area contributed by atoms with Crippen molar-refractivity contribution < 1.29 is 4.79 Å². The average molecular weight is 461 g/mol. The van der Waals surface area contributed by atoms with Gasteiger partial charge in [0.1, 0.15) is 0 Å². The largest absolute Gasteiger partial charge is 0.353 e. The van der Waals surface area contributed by atoms with Gasteiger partial charge in [-0.15, -0.1) is 10.2 Å². The first-order valence-electron chi connectivity index (χ1n) is 10.9. The molecule has 0 saturated heterocycles. The molecule has 2 aromatic carbocycles. The zero-order chi connectivity index (χ0) is 23.5. The van der Waals surface area contributed by atoms with E-state index in [0.717, 1.165) is 27.7 Å². The molecule has 0 saturated carbocycles. The Labute approximate surface area is 197 Å². The second kappa shape index (κ2) is 9.62. The summed E-state index contributed by atoms with van der Waals surface area (Å²) in [5, 5.41) is 13.0. The van der Waals surface area contributed by atoms with Crippen LogP contribution in [0.2, 0.25) is 0 Å². The Kier molecular flexibility index (Phi) is 6.65. The fourth-order valence-corrected chi connectivity index (χ4v) is 4.05. The molecule has 0 aliphatic carbocycles. The number of hydrogen-bond donors (Lipinski definition) is 2. The van der Waals surface area contributed by atoms with Gasteiger partial charge in [-0.2, -0.15) is 0 Å². The van der Waals surface area contributed by atoms with Crippen molar-refractivity contribution in [2.45, 2.75) is 38.9 Å². The number of nitrogen functional groups attached to an aromatic ring is 1. The van der Waals surface area contributed by atoms with Gasteiger partial charge in [0.05, 0.1) is 17.0 Å². The summed E-state index contributed by atoms with van der Waals surface area (Å²) >= 11 is 1.27. The van der Waals surface area contributed by atoms with Crippen molar-refractivity contribution in [3.8, 4) is 22.6 Å². The minimum atomic E-state index is -0.0539. The number of amides is 1. The van der Waals surface area contributed by atoms with E-state index in [2.05, 4.69) is 60.6 Å². The number of fused-ring (bicyclic) bond motifs is 1. The highest BCUT2D eigenvalue weighted by molar-refractivity contribution is 7.99. The van der Waals surface area contributed by atoms with Crippen LogP contribution < -0.4 is 11.2 Å². The van der Waals surface area contributed by atoms with Crippen LogP contribution >= 0.6 is 11.8 Å². The summed E-state index contributed by atoms with van der Waals surface area (Å²) in [4.78, 5) is 17.1. The van der Waals surface area contributed by atoms with Gasteiger partial charge in [0.2, 0.25) is 11.1 Å². The molecule has 1 atom stereocenters. The zero-order valence-electron chi connectivity index (χ0n) is 19.2. The van der Waals surface area contributed by atoms with E-state index in [-0.39, 0.29) is 17.7 Å². The first-order valence-corrected chi connectivity index (χ1v) is 11.9. The van der Waals surface area contributed by atoms with Gasteiger partial charge in [-0.3, -0.25) is 4.79 Å². The maximum Gasteiger partial charge on any atom is 0.230 e. The average Bonchev–Trinajstić information content (AvgIpc) is 3.17. The number of pyridine rings is 1. The number of rotatable bonds is 7. The summed E-state index contributed by atoms with van der Waals surface area (Å²) in [7, 11) is 0. The molecular formula is C25H28N6OS. The van der Waals surface area contributed by atoms with E-state index in [1.54, 1.807) is 0 Å². The molecule has 0 fully saturated rings. The first-order chi connectivity index (χ1) is 15.8. The van der Waals surface area contributed by atoms with Gasteiger partial charge in [0.15, 0.2) is 5.82 Å². The lowest BCUT2D eigenvalue weighted by molar-refractivity contribution is -0.119. The molecule has 0 unspecified atom stereocenters. The number of hydrogen-bond acceptors (Lipinski definition) is 6. The number of thioether (sulfide) groups is 1. The van der Waals surface area contributed by atoms with Gasteiger partial charge in [-0.1, -0.05) is 73.6 Å². The summed E-state index contributed by atoms with van der Waals surface area (Å²) in [6, 6.07) is 18.2. The van der Waals surface area contributed by atoms with E-state index >= 15 is 0 Å². The number of aromatic nitrogens is 4. The molecular weight excluding hydrogens is 432 g/mol. The van der Waals surface area contributed by atoms with Crippen LogP contribution in [0, 0.1) is 12.8 Å². The second-order valence-corrected chi connectivity index (χ2v) is 9.45. The summed E-state index contributed by atoms with van der Waals surface area (Å²) in [5.41, 5.74) is 4.74. The Morgan fingerprint density at radius 3 is 2.55 bits per heavy atom. The van der Waals surface area contributed by atoms with Crippen molar-refractivity contribution in [3.63, 3.8) is 0 Å². The first kappa shape index (κ1) is 22.8. The van der Waals surface area contributed by atoms with Crippen molar-refractivity contribution in [2.75, 3.05) is 11.6 Å². The zero-order valence-corrected chi connectivity index (χ0v) is 20.1. The van der Waals surface area contributed by atoms with Crippen LogP contribution in [0.5, 0.6) is 0 Å². The van der Waals surface area contributed by atoms with Crippen molar-refractivity contribution in [3.05, 3.63) is 60.2 Å². The standard InChI is InChI=1S/C25H28N6OS/c1-15(2)17(4)27-23(32)14-33-25-30-29-24(31(25)26)20-13-22(18-11-9-16(3)10-12-18)28-21-8-6-5-7-19(20)21/h5-13,15,17H,14,26H2,1-4H3,(H,27,32)/t17-/m1/s1. The van der Waals surface area contributed by atoms with E-state index in [4.69, 9.17) is 10.8 Å². The van der Waals surface area contributed by atoms with E-state index in [9.17, 15) is 4.79 Å². The number of para-hydroxylation sites is 1. The van der Waals surface area contributed by atoms with Crippen LogP contribution in [0.1, 0.15) is 26.3 Å².